The van der Waals surface area contributed by atoms with Gasteiger partial charge in [0.2, 0.25) is 0 Å². The normalized spacial score (nSPS) is 12.0. The Morgan fingerprint density at radius 3 is 2.23 bits per heavy atom. The molecule has 7 nitrogen and oxygen atoms in total. The zero-order chi connectivity index (χ0) is 24.5. The number of nitrogens with one attached hydrogen (secondary N) is 1. The van der Waals surface area contributed by atoms with E-state index < -0.39 is 12.1 Å². The van der Waals surface area contributed by atoms with Crippen LogP contribution in [0, 0.1) is 0 Å². The van der Waals surface area contributed by atoms with E-state index >= 15 is 0 Å². The van der Waals surface area contributed by atoms with Gasteiger partial charge in [-0.1, -0.05) is 61.2 Å². The van der Waals surface area contributed by atoms with Gasteiger partial charge in [0.05, 0.1) is 13.2 Å². The molecular weight excluding hydrogens is 446 g/mol. The molecule has 0 unspecified atom stereocenters. The molecule has 0 atom stereocenters. The van der Waals surface area contributed by atoms with Crippen molar-refractivity contribution in [2.45, 2.75) is 12.8 Å². The van der Waals surface area contributed by atoms with E-state index in [1.54, 1.807) is 0 Å². The molecule has 7 heteroatoms. The first kappa shape index (κ1) is 24.0. The minimum Gasteiger partial charge on any atom is -0.460 e. The molecule has 0 radical (unpaired) electrons. The van der Waals surface area contributed by atoms with E-state index in [9.17, 15) is 9.59 Å². The van der Waals surface area contributed by atoms with Crippen molar-refractivity contribution >= 4 is 22.8 Å². The van der Waals surface area contributed by atoms with Crippen molar-refractivity contribution in [3.8, 4) is 17.2 Å². The predicted octanol–water partition coefficient (Wildman–Crippen LogP) is 5.12. The van der Waals surface area contributed by atoms with Crippen LogP contribution in [0.2, 0.25) is 0 Å². The molecule has 3 aromatic rings. The average molecular weight is 474 g/mol. The minimum atomic E-state index is -0.565. The molecule has 0 spiro atoms. The Morgan fingerprint density at radius 1 is 0.857 bits per heavy atom. The summed E-state index contributed by atoms with van der Waals surface area (Å²) in [5.41, 5.74) is 1.95. The molecule has 0 aliphatic heterocycles. The Bertz CT molecular complexity index is 1240. The van der Waals surface area contributed by atoms with Crippen LogP contribution in [-0.4, -0.2) is 38.4 Å². The van der Waals surface area contributed by atoms with E-state index in [1.165, 1.54) is 0 Å². The lowest BCUT2D eigenvalue weighted by molar-refractivity contribution is -0.139. The van der Waals surface area contributed by atoms with Crippen LogP contribution >= 0.6 is 0 Å². The van der Waals surface area contributed by atoms with Gasteiger partial charge in [-0.05, 0) is 25.0 Å². The number of rotatable bonds is 10. The second-order valence-corrected chi connectivity index (χ2v) is 7.76. The lowest BCUT2D eigenvalue weighted by Crippen LogP contribution is -2.30. The average Bonchev–Trinajstić information content (AvgIpc) is 2.90. The van der Waals surface area contributed by atoms with Crippen molar-refractivity contribution in [3.05, 3.63) is 90.5 Å². The second kappa shape index (κ2) is 11.9. The monoisotopic (exact) mass is 473 g/mol. The number of carbonyl (C=O) groups is 2. The van der Waals surface area contributed by atoms with Crippen molar-refractivity contribution in [2.75, 3.05) is 26.4 Å². The molecule has 0 bridgehead atoms. The number of carbonyl (C=O) groups excluding carboxylic acids is 2. The van der Waals surface area contributed by atoms with Crippen LogP contribution < -0.4 is 14.8 Å². The smallest absolute Gasteiger partial charge is 0.412 e. The first-order valence-corrected chi connectivity index (χ1v) is 11.4. The highest BCUT2D eigenvalue weighted by atomic mass is 16.6. The highest BCUT2D eigenvalue weighted by Crippen LogP contribution is 2.44. The van der Waals surface area contributed by atoms with Crippen LogP contribution in [0.1, 0.15) is 11.1 Å². The van der Waals surface area contributed by atoms with Crippen LogP contribution in [0.25, 0.3) is 10.8 Å². The fourth-order valence-electron chi connectivity index (χ4n) is 3.87. The van der Waals surface area contributed by atoms with Crippen molar-refractivity contribution < 1.29 is 28.5 Å². The standard InChI is InChI=1S/C28H27NO6/c1-2-25(30)33-19-18-32-17-16-29-28(31)35-27-23-14-8-6-12-21(23)26(22-13-7-9-15-24(22)27)34-20-10-4-3-5-11-20/h2-12,14H,1,13,15-19H2,(H,29,31). The minimum absolute atomic E-state index is 0.123. The topological polar surface area (TPSA) is 83.1 Å². The Balaban J connectivity index is 1.48. The van der Waals surface area contributed by atoms with Crippen molar-refractivity contribution in [2.24, 2.45) is 0 Å². The van der Waals surface area contributed by atoms with Gasteiger partial charge in [0.1, 0.15) is 23.9 Å². The third-order valence-corrected chi connectivity index (χ3v) is 5.45. The van der Waals surface area contributed by atoms with Crippen molar-refractivity contribution in [1.29, 1.82) is 0 Å². The zero-order valence-electron chi connectivity index (χ0n) is 19.3. The van der Waals surface area contributed by atoms with Gasteiger partial charge in [0.15, 0.2) is 0 Å². The van der Waals surface area contributed by atoms with Gasteiger partial charge in [-0.15, -0.1) is 0 Å². The van der Waals surface area contributed by atoms with Crippen LogP contribution in [0.15, 0.2) is 79.4 Å². The molecular formula is C28H27NO6. The Morgan fingerprint density at radius 2 is 1.51 bits per heavy atom. The van der Waals surface area contributed by atoms with Crippen LogP contribution in [0.4, 0.5) is 4.79 Å². The van der Waals surface area contributed by atoms with Crippen LogP contribution in [-0.2, 0) is 27.1 Å². The third kappa shape index (κ3) is 6.07. The van der Waals surface area contributed by atoms with E-state index in [0.29, 0.717) is 18.6 Å². The fourth-order valence-corrected chi connectivity index (χ4v) is 3.87. The highest BCUT2D eigenvalue weighted by molar-refractivity contribution is 5.98. The number of fused-ring (bicyclic) bond motifs is 2. The quantitative estimate of drug-likeness (QED) is 0.190. The third-order valence-electron chi connectivity index (χ3n) is 5.45. The Kier molecular flexibility index (Phi) is 8.14. The second-order valence-electron chi connectivity index (χ2n) is 7.76. The maximum Gasteiger partial charge on any atom is 0.412 e. The summed E-state index contributed by atoms with van der Waals surface area (Å²) < 4.78 is 22.4. The summed E-state index contributed by atoms with van der Waals surface area (Å²) in [5.74, 6) is 1.57. The molecule has 1 aliphatic rings. The van der Waals surface area contributed by atoms with Crippen LogP contribution in [0.5, 0.6) is 17.2 Å². The van der Waals surface area contributed by atoms with Gasteiger partial charge in [-0.3, -0.25) is 0 Å². The summed E-state index contributed by atoms with van der Waals surface area (Å²) in [6.07, 6.45) is 6.02. The summed E-state index contributed by atoms with van der Waals surface area (Å²) in [4.78, 5) is 23.6. The van der Waals surface area contributed by atoms with Gasteiger partial charge in [0, 0.05) is 34.5 Å². The number of allylic oxidation sites excluding steroid dienone is 2. The summed E-state index contributed by atoms with van der Waals surface area (Å²) >= 11 is 0. The fraction of sp³-hybridized carbons (Fsp3) is 0.214. The molecule has 180 valence electrons. The van der Waals surface area contributed by atoms with Gasteiger partial charge in [0.25, 0.3) is 0 Å². The van der Waals surface area contributed by atoms with Gasteiger partial charge >= 0.3 is 12.1 Å². The Hall–Kier alpha value is -4.10. The van der Waals surface area contributed by atoms with Crippen molar-refractivity contribution in [1.82, 2.24) is 5.32 Å². The molecule has 1 N–H and O–H groups in total. The number of benzene rings is 3. The maximum atomic E-state index is 12.6. The molecule has 35 heavy (non-hydrogen) atoms. The highest BCUT2D eigenvalue weighted by Gasteiger charge is 2.24. The molecule has 0 fully saturated rings. The molecule has 0 heterocycles. The first-order chi connectivity index (χ1) is 17.2. The summed E-state index contributed by atoms with van der Waals surface area (Å²) in [7, 11) is 0. The van der Waals surface area contributed by atoms with E-state index in [4.69, 9.17) is 18.9 Å². The summed E-state index contributed by atoms with van der Waals surface area (Å²) in [5, 5.41) is 4.40. The van der Waals surface area contributed by atoms with Crippen molar-refractivity contribution in [3.63, 3.8) is 0 Å². The largest absolute Gasteiger partial charge is 0.460 e. The van der Waals surface area contributed by atoms with Gasteiger partial charge in [-0.25, -0.2) is 9.59 Å². The van der Waals surface area contributed by atoms with E-state index in [2.05, 4.69) is 24.0 Å². The van der Waals surface area contributed by atoms with Gasteiger partial charge in [-0.2, -0.15) is 0 Å². The molecule has 4 rings (SSSR count). The lowest BCUT2D eigenvalue weighted by Gasteiger charge is -2.23. The zero-order valence-corrected chi connectivity index (χ0v) is 19.3. The number of hydrogen-bond acceptors (Lipinski definition) is 6. The molecule has 0 saturated heterocycles. The maximum absolute atomic E-state index is 12.6. The number of ether oxygens (including phenoxy) is 4. The number of para-hydroxylation sites is 1. The molecule has 3 aromatic carbocycles. The number of amides is 1. The van der Waals surface area contributed by atoms with E-state index in [1.807, 2.05) is 54.6 Å². The summed E-state index contributed by atoms with van der Waals surface area (Å²) in [6, 6.07) is 17.4. The molecule has 1 amide bonds. The number of esters is 1. The molecule has 0 aromatic heterocycles. The van der Waals surface area contributed by atoms with Crippen LogP contribution in [0.3, 0.4) is 0 Å². The van der Waals surface area contributed by atoms with E-state index in [-0.39, 0.29) is 26.4 Å². The van der Waals surface area contributed by atoms with E-state index in [0.717, 1.165) is 39.5 Å². The van der Waals surface area contributed by atoms with Gasteiger partial charge < -0.3 is 24.3 Å². The molecule has 0 saturated carbocycles. The number of hydrogen-bond donors (Lipinski definition) is 1. The Labute approximate surface area is 203 Å². The predicted molar refractivity (Wildman–Crippen MR) is 133 cm³/mol. The SMILES string of the molecule is C=CC(=O)OCCOCCNC(=O)Oc1c2c(c(Oc3ccccc3)c3ccccc13)CC=CC2. The molecule has 1 aliphatic carbocycles. The lowest BCUT2D eigenvalue weighted by atomic mass is 9.90. The summed E-state index contributed by atoms with van der Waals surface area (Å²) in [6.45, 7) is 4.18. The first-order valence-electron chi connectivity index (χ1n) is 11.4.